The van der Waals surface area contributed by atoms with E-state index >= 15 is 0 Å². The fourth-order valence-electron chi connectivity index (χ4n) is 3.09. The Labute approximate surface area is 78.9 Å². The molecule has 0 saturated heterocycles. The molecule has 0 aromatic heterocycles. The zero-order valence-corrected chi connectivity index (χ0v) is 7.74. The van der Waals surface area contributed by atoms with Gasteiger partial charge in [-0.25, -0.2) is 0 Å². The van der Waals surface area contributed by atoms with Gasteiger partial charge < -0.3 is 5.73 Å². The average molecular weight is 173 g/mol. The van der Waals surface area contributed by atoms with Crippen LogP contribution in [0.1, 0.15) is 42.2 Å². The minimum Gasteiger partial charge on any atom is -0.327 e. The van der Waals surface area contributed by atoms with Gasteiger partial charge in [0.15, 0.2) is 0 Å². The number of benzene rings is 1. The van der Waals surface area contributed by atoms with Crippen molar-refractivity contribution in [2.24, 2.45) is 5.73 Å². The zero-order chi connectivity index (χ0) is 8.84. The Kier molecular flexibility index (Phi) is 1.50. The molecule has 1 aromatic rings. The average Bonchev–Trinajstić information content (AvgIpc) is 2.19. The Morgan fingerprint density at radius 1 is 1.08 bits per heavy atom. The van der Waals surface area contributed by atoms with Crippen LogP contribution < -0.4 is 5.73 Å². The van der Waals surface area contributed by atoms with Gasteiger partial charge >= 0.3 is 0 Å². The Balaban J connectivity index is 2.16. The van der Waals surface area contributed by atoms with Crippen LogP contribution in [0.3, 0.4) is 0 Å². The summed E-state index contributed by atoms with van der Waals surface area (Å²) in [6, 6.07) is 9.29. The molecule has 0 spiro atoms. The summed E-state index contributed by atoms with van der Waals surface area (Å²) in [7, 11) is 0. The third-order valence-corrected chi connectivity index (χ3v) is 3.73. The summed E-state index contributed by atoms with van der Waals surface area (Å²) in [6.45, 7) is 0. The molecule has 3 aliphatic carbocycles. The molecule has 1 aromatic carbocycles. The van der Waals surface area contributed by atoms with Gasteiger partial charge in [-0.05, 0) is 42.2 Å². The molecule has 2 N–H and O–H groups in total. The molecule has 2 bridgehead atoms. The van der Waals surface area contributed by atoms with Crippen LogP contribution in [0, 0.1) is 0 Å². The van der Waals surface area contributed by atoms with Crippen LogP contribution in [0.5, 0.6) is 0 Å². The maximum Gasteiger partial charge on any atom is 0.0114 e. The minimum atomic E-state index is 0.425. The molecule has 0 amide bonds. The van der Waals surface area contributed by atoms with E-state index in [2.05, 4.69) is 24.3 Å². The largest absolute Gasteiger partial charge is 0.327 e. The lowest BCUT2D eigenvalue weighted by Crippen LogP contribution is -2.39. The SMILES string of the molecule is N[C@H]1CC2CC[C@@H]1c1ccccc12. The molecular formula is C12H15N. The second-order valence-corrected chi connectivity index (χ2v) is 4.41. The van der Waals surface area contributed by atoms with E-state index in [1.165, 1.54) is 24.8 Å². The van der Waals surface area contributed by atoms with Crippen LogP contribution in [0.4, 0.5) is 0 Å². The summed E-state index contributed by atoms with van der Waals surface area (Å²) in [6.07, 6.45) is 3.87. The van der Waals surface area contributed by atoms with E-state index in [0.29, 0.717) is 12.0 Å². The van der Waals surface area contributed by atoms with Gasteiger partial charge in [0, 0.05) is 6.04 Å². The van der Waals surface area contributed by atoms with Crippen molar-refractivity contribution in [2.45, 2.75) is 37.1 Å². The standard InChI is InChI=1S/C12H15N/c13-12-7-8-5-6-11(12)10-4-2-1-3-9(8)10/h1-4,8,11-12H,5-7,13H2/t8?,11-,12+/m1/s1. The maximum absolute atomic E-state index is 6.13. The van der Waals surface area contributed by atoms with E-state index in [1.807, 2.05) is 0 Å². The molecule has 1 unspecified atom stereocenters. The second kappa shape index (κ2) is 2.58. The van der Waals surface area contributed by atoms with E-state index in [-0.39, 0.29) is 0 Å². The summed E-state index contributed by atoms with van der Waals surface area (Å²) in [5, 5.41) is 0. The molecule has 3 atom stereocenters. The Morgan fingerprint density at radius 2 is 1.85 bits per heavy atom. The Hall–Kier alpha value is -0.820. The van der Waals surface area contributed by atoms with E-state index in [1.54, 1.807) is 5.56 Å². The van der Waals surface area contributed by atoms with Crippen molar-refractivity contribution in [3.05, 3.63) is 35.4 Å². The quantitative estimate of drug-likeness (QED) is 0.640. The van der Waals surface area contributed by atoms with Gasteiger partial charge in [0.2, 0.25) is 0 Å². The number of fused-ring (bicyclic) bond motifs is 2. The van der Waals surface area contributed by atoms with Crippen molar-refractivity contribution in [1.82, 2.24) is 0 Å². The third-order valence-electron chi connectivity index (χ3n) is 3.73. The molecule has 1 fully saturated rings. The highest BCUT2D eigenvalue weighted by Gasteiger charge is 2.37. The van der Waals surface area contributed by atoms with Gasteiger partial charge in [-0.1, -0.05) is 24.3 Å². The molecule has 0 aliphatic heterocycles. The molecule has 1 nitrogen and oxygen atoms in total. The van der Waals surface area contributed by atoms with Gasteiger partial charge in [0.25, 0.3) is 0 Å². The number of hydrogen-bond acceptors (Lipinski definition) is 1. The smallest absolute Gasteiger partial charge is 0.0114 e. The van der Waals surface area contributed by atoms with Crippen LogP contribution in [-0.4, -0.2) is 6.04 Å². The first-order valence-electron chi connectivity index (χ1n) is 5.20. The van der Waals surface area contributed by atoms with Crippen molar-refractivity contribution >= 4 is 0 Å². The molecule has 1 heteroatoms. The molecule has 3 aliphatic rings. The maximum atomic E-state index is 6.13. The summed E-state index contributed by atoms with van der Waals surface area (Å²) >= 11 is 0. The van der Waals surface area contributed by atoms with E-state index in [9.17, 15) is 0 Å². The fourth-order valence-corrected chi connectivity index (χ4v) is 3.09. The summed E-state index contributed by atoms with van der Waals surface area (Å²) in [4.78, 5) is 0. The van der Waals surface area contributed by atoms with Gasteiger partial charge in [-0.3, -0.25) is 0 Å². The van der Waals surface area contributed by atoms with Crippen molar-refractivity contribution in [3.8, 4) is 0 Å². The van der Waals surface area contributed by atoms with Crippen LogP contribution >= 0.6 is 0 Å². The topological polar surface area (TPSA) is 26.0 Å². The van der Waals surface area contributed by atoms with E-state index in [0.717, 1.165) is 5.92 Å². The van der Waals surface area contributed by atoms with E-state index in [4.69, 9.17) is 5.73 Å². The lowest BCUT2D eigenvalue weighted by atomic mass is 9.65. The molecule has 4 rings (SSSR count). The zero-order valence-electron chi connectivity index (χ0n) is 7.74. The monoisotopic (exact) mass is 173 g/mol. The molecule has 13 heavy (non-hydrogen) atoms. The summed E-state index contributed by atoms with van der Waals surface area (Å²) in [5.74, 6) is 1.41. The van der Waals surface area contributed by atoms with Crippen molar-refractivity contribution in [3.63, 3.8) is 0 Å². The third kappa shape index (κ3) is 0.969. The van der Waals surface area contributed by atoms with Gasteiger partial charge in [-0.2, -0.15) is 0 Å². The molecule has 0 heterocycles. The normalized spacial score (nSPS) is 35.9. The summed E-state index contributed by atoms with van der Waals surface area (Å²) < 4.78 is 0. The first kappa shape index (κ1) is 7.57. The Bertz CT molecular complexity index is 332. The number of rotatable bonds is 0. The first-order chi connectivity index (χ1) is 6.36. The van der Waals surface area contributed by atoms with Gasteiger partial charge in [0.05, 0.1) is 0 Å². The van der Waals surface area contributed by atoms with Crippen LogP contribution in [0.2, 0.25) is 0 Å². The lowest BCUT2D eigenvalue weighted by molar-refractivity contribution is 0.314. The van der Waals surface area contributed by atoms with Crippen molar-refractivity contribution in [2.75, 3.05) is 0 Å². The van der Waals surface area contributed by atoms with Crippen molar-refractivity contribution < 1.29 is 0 Å². The number of nitrogens with two attached hydrogens (primary N) is 1. The lowest BCUT2D eigenvalue weighted by Gasteiger charge is -2.42. The molecule has 68 valence electrons. The Morgan fingerprint density at radius 3 is 2.62 bits per heavy atom. The van der Waals surface area contributed by atoms with Crippen LogP contribution in [0.25, 0.3) is 0 Å². The van der Waals surface area contributed by atoms with Crippen LogP contribution in [-0.2, 0) is 0 Å². The minimum absolute atomic E-state index is 0.425. The highest BCUT2D eigenvalue weighted by atomic mass is 14.7. The van der Waals surface area contributed by atoms with Gasteiger partial charge in [0.1, 0.15) is 0 Å². The predicted octanol–water partition coefficient (Wildman–Crippen LogP) is 2.38. The fraction of sp³-hybridized carbons (Fsp3) is 0.500. The van der Waals surface area contributed by atoms with E-state index < -0.39 is 0 Å². The molecular weight excluding hydrogens is 158 g/mol. The highest BCUT2D eigenvalue weighted by molar-refractivity contribution is 5.39. The predicted molar refractivity (Wildman–Crippen MR) is 53.8 cm³/mol. The van der Waals surface area contributed by atoms with Crippen molar-refractivity contribution in [1.29, 1.82) is 0 Å². The number of hydrogen-bond donors (Lipinski definition) is 1. The van der Waals surface area contributed by atoms with Crippen LogP contribution in [0.15, 0.2) is 24.3 Å². The molecule has 0 radical (unpaired) electrons. The molecule has 1 saturated carbocycles. The second-order valence-electron chi connectivity index (χ2n) is 4.41. The summed E-state index contributed by atoms with van der Waals surface area (Å²) in [5.41, 5.74) is 9.26. The van der Waals surface area contributed by atoms with Gasteiger partial charge in [-0.15, -0.1) is 0 Å². The highest BCUT2D eigenvalue weighted by Crippen LogP contribution is 2.48. The first-order valence-corrected chi connectivity index (χ1v) is 5.20.